The van der Waals surface area contributed by atoms with Crippen LogP contribution < -0.4 is 14.4 Å². The first-order valence-electron chi connectivity index (χ1n) is 12.5. The summed E-state index contributed by atoms with van der Waals surface area (Å²) < 4.78 is 22.2. The number of carbonyl (C=O) groups excluding carboxylic acids is 1. The number of morpholine rings is 1. The van der Waals surface area contributed by atoms with Crippen molar-refractivity contribution in [2.45, 2.75) is 25.5 Å². The van der Waals surface area contributed by atoms with E-state index in [1.807, 2.05) is 47.4 Å². The van der Waals surface area contributed by atoms with E-state index in [1.165, 1.54) is 0 Å². The molecule has 0 aliphatic carbocycles. The smallest absolute Gasteiger partial charge is 0.254 e. The third kappa shape index (κ3) is 5.39. The summed E-state index contributed by atoms with van der Waals surface area (Å²) in [5.74, 6) is 2.35. The fourth-order valence-electron chi connectivity index (χ4n) is 4.85. The van der Waals surface area contributed by atoms with Gasteiger partial charge in [-0.15, -0.1) is 0 Å². The van der Waals surface area contributed by atoms with E-state index >= 15 is 0 Å². The number of carbonyl (C=O) groups is 1. The maximum atomic E-state index is 13.7. The number of methoxy groups -OCH3 is 2. The quantitative estimate of drug-likeness (QED) is 0.473. The molecular weight excluding hydrogens is 458 g/mol. The van der Waals surface area contributed by atoms with E-state index in [9.17, 15) is 4.79 Å². The van der Waals surface area contributed by atoms with Crippen molar-refractivity contribution in [1.82, 2.24) is 9.88 Å². The van der Waals surface area contributed by atoms with E-state index in [1.54, 1.807) is 14.2 Å². The number of aromatic nitrogens is 1. The first-order chi connectivity index (χ1) is 17.6. The fraction of sp³-hybridized carbons (Fsp3) is 0.429. The van der Waals surface area contributed by atoms with Crippen LogP contribution in [0.5, 0.6) is 11.5 Å². The van der Waals surface area contributed by atoms with Gasteiger partial charge in [-0.3, -0.25) is 4.79 Å². The zero-order valence-electron chi connectivity index (χ0n) is 20.9. The zero-order valence-corrected chi connectivity index (χ0v) is 20.9. The summed E-state index contributed by atoms with van der Waals surface area (Å²) in [6, 6.07) is 15.3. The molecule has 2 saturated heterocycles. The average Bonchev–Trinajstić information content (AvgIpc) is 3.45. The molecule has 8 nitrogen and oxygen atoms in total. The predicted octanol–water partition coefficient (Wildman–Crippen LogP) is 3.91. The highest BCUT2D eigenvalue weighted by molar-refractivity contribution is 5.94. The first kappa shape index (κ1) is 24.3. The molecule has 0 bridgehead atoms. The Morgan fingerprint density at radius 3 is 2.47 bits per heavy atom. The Morgan fingerprint density at radius 2 is 1.78 bits per heavy atom. The number of nitrogens with zero attached hydrogens (tertiary/aromatic N) is 3. The third-order valence-corrected chi connectivity index (χ3v) is 6.82. The Hall–Kier alpha value is -3.36. The second-order valence-corrected chi connectivity index (χ2v) is 9.18. The summed E-state index contributed by atoms with van der Waals surface area (Å²) in [5.41, 5.74) is 2.50. The lowest BCUT2D eigenvalue weighted by Gasteiger charge is -2.32. The number of rotatable bonds is 8. The lowest BCUT2D eigenvalue weighted by atomic mass is 10.1. The monoisotopic (exact) mass is 491 g/mol. The van der Waals surface area contributed by atoms with Crippen LogP contribution in [0.3, 0.4) is 0 Å². The van der Waals surface area contributed by atoms with Gasteiger partial charge in [-0.05, 0) is 55.3 Å². The average molecular weight is 492 g/mol. The molecule has 1 amide bonds. The van der Waals surface area contributed by atoms with Crippen molar-refractivity contribution >= 4 is 22.6 Å². The molecule has 2 aliphatic heterocycles. The molecule has 1 aromatic heterocycles. The lowest BCUT2D eigenvalue weighted by Crippen LogP contribution is -2.40. The molecule has 0 saturated carbocycles. The molecule has 190 valence electrons. The van der Waals surface area contributed by atoms with Crippen molar-refractivity contribution in [3.63, 3.8) is 0 Å². The van der Waals surface area contributed by atoms with E-state index in [0.717, 1.165) is 66.3 Å². The predicted molar refractivity (Wildman–Crippen MR) is 138 cm³/mol. The van der Waals surface area contributed by atoms with Crippen molar-refractivity contribution in [3.8, 4) is 11.5 Å². The van der Waals surface area contributed by atoms with E-state index in [0.29, 0.717) is 31.9 Å². The lowest BCUT2D eigenvalue weighted by molar-refractivity contribution is 0.0507. The Bertz CT molecular complexity index is 1190. The summed E-state index contributed by atoms with van der Waals surface area (Å²) in [7, 11) is 3.28. The zero-order chi connectivity index (χ0) is 24.9. The number of anilines is 1. The highest BCUT2D eigenvalue weighted by atomic mass is 16.5. The number of amides is 1. The van der Waals surface area contributed by atoms with Crippen molar-refractivity contribution in [2.75, 3.05) is 58.6 Å². The van der Waals surface area contributed by atoms with Crippen molar-refractivity contribution in [2.24, 2.45) is 0 Å². The molecule has 36 heavy (non-hydrogen) atoms. The summed E-state index contributed by atoms with van der Waals surface area (Å²) in [6.45, 7) is 4.54. The second-order valence-electron chi connectivity index (χ2n) is 9.18. The molecule has 0 spiro atoms. The van der Waals surface area contributed by atoms with Crippen molar-refractivity contribution < 1.29 is 23.7 Å². The largest absolute Gasteiger partial charge is 0.497 e. The standard InChI is InChI=1S/C28H33N3O5/c1-33-23-8-5-20(6-9-23)28(32)31(19-25-4-3-13-36-25)18-22-16-21-7-10-24(34-2)17-26(21)29-27(22)30-11-14-35-15-12-30/h5-10,16-17,25H,3-4,11-15,18-19H2,1-2H3. The Balaban J connectivity index is 1.51. The minimum atomic E-state index is -0.0316. The van der Waals surface area contributed by atoms with Crippen LogP contribution in [0, 0.1) is 0 Å². The van der Waals surface area contributed by atoms with Gasteiger partial charge in [0.1, 0.15) is 17.3 Å². The minimum absolute atomic E-state index is 0.0316. The Morgan fingerprint density at radius 1 is 1.03 bits per heavy atom. The number of hydrogen-bond acceptors (Lipinski definition) is 7. The van der Waals surface area contributed by atoms with Crippen LogP contribution in [0.15, 0.2) is 48.5 Å². The number of pyridine rings is 1. The summed E-state index contributed by atoms with van der Waals surface area (Å²) >= 11 is 0. The number of hydrogen-bond donors (Lipinski definition) is 0. The Labute approximate surface area is 211 Å². The van der Waals surface area contributed by atoms with Crippen LogP contribution in [0.4, 0.5) is 5.82 Å². The van der Waals surface area contributed by atoms with Gasteiger partial charge in [0, 0.05) is 55.4 Å². The maximum absolute atomic E-state index is 13.7. The molecule has 3 aromatic rings. The van der Waals surface area contributed by atoms with E-state index in [-0.39, 0.29) is 12.0 Å². The van der Waals surface area contributed by atoms with Crippen LogP contribution in [0.25, 0.3) is 10.9 Å². The van der Waals surface area contributed by atoms with E-state index in [4.69, 9.17) is 23.9 Å². The van der Waals surface area contributed by atoms with Gasteiger partial charge in [0.2, 0.25) is 0 Å². The molecule has 3 heterocycles. The van der Waals surface area contributed by atoms with Gasteiger partial charge in [-0.25, -0.2) is 4.98 Å². The minimum Gasteiger partial charge on any atom is -0.497 e. The SMILES string of the molecule is COc1ccc(C(=O)N(Cc2cc3ccc(OC)cc3nc2N2CCOCC2)CC2CCCO2)cc1. The van der Waals surface area contributed by atoms with Gasteiger partial charge in [-0.1, -0.05) is 0 Å². The van der Waals surface area contributed by atoms with Crippen LogP contribution in [-0.4, -0.2) is 75.6 Å². The van der Waals surface area contributed by atoms with Gasteiger partial charge >= 0.3 is 0 Å². The van der Waals surface area contributed by atoms with E-state index < -0.39 is 0 Å². The van der Waals surface area contributed by atoms with Crippen molar-refractivity contribution in [3.05, 3.63) is 59.7 Å². The second kappa shape index (κ2) is 11.1. The highest BCUT2D eigenvalue weighted by Crippen LogP contribution is 2.29. The van der Waals surface area contributed by atoms with Crippen LogP contribution in [-0.2, 0) is 16.0 Å². The summed E-state index contributed by atoms with van der Waals surface area (Å²) in [6.07, 6.45) is 2.02. The molecule has 5 rings (SSSR count). The molecule has 0 N–H and O–H groups in total. The fourth-order valence-corrected chi connectivity index (χ4v) is 4.85. The molecule has 2 aliphatic rings. The number of fused-ring (bicyclic) bond motifs is 1. The van der Waals surface area contributed by atoms with Gasteiger partial charge in [0.15, 0.2) is 0 Å². The molecule has 2 aromatic carbocycles. The van der Waals surface area contributed by atoms with E-state index in [2.05, 4.69) is 11.0 Å². The third-order valence-electron chi connectivity index (χ3n) is 6.82. The topological polar surface area (TPSA) is 73.4 Å². The maximum Gasteiger partial charge on any atom is 0.254 e. The number of benzene rings is 2. The normalized spacial score (nSPS) is 17.8. The summed E-state index contributed by atoms with van der Waals surface area (Å²) in [4.78, 5) is 22.9. The van der Waals surface area contributed by atoms with Crippen LogP contribution in [0.1, 0.15) is 28.8 Å². The highest BCUT2D eigenvalue weighted by Gasteiger charge is 2.26. The Kier molecular flexibility index (Phi) is 7.53. The van der Waals surface area contributed by atoms with Gasteiger partial charge in [-0.2, -0.15) is 0 Å². The molecule has 2 fully saturated rings. The van der Waals surface area contributed by atoms with Crippen LogP contribution >= 0.6 is 0 Å². The number of ether oxygens (including phenoxy) is 4. The molecule has 8 heteroatoms. The summed E-state index contributed by atoms with van der Waals surface area (Å²) in [5, 5.41) is 1.01. The molecule has 0 radical (unpaired) electrons. The van der Waals surface area contributed by atoms with Crippen molar-refractivity contribution in [1.29, 1.82) is 0 Å². The molecule has 1 unspecified atom stereocenters. The molecule has 1 atom stereocenters. The van der Waals surface area contributed by atoms with Gasteiger partial charge in [0.05, 0.1) is 39.1 Å². The first-order valence-corrected chi connectivity index (χ1v) is 12.5. The van der Waals surface area contributed by atoms with Gasteiger partial charge < -0.3 is 28.7 Å². The van der Waals surface area contributed by atoms with Gasteiger partial charge in [0.25, 0.3) is 5.91 Å². The molecular formula is C28H33N3O5. The van der Waals surface area contributed by atoms with Crippen LogP contribution in [0.2, 0.25) is 0 Å².